The van der Waals surface area contributed by atoms with Crippen molar-refractivity contribution in [2.24, 2.45) is 0 Å². The van der Waals surface area contributed by atoms with Crippen LogP contribution in [-0.2, 0) is 6.54 Å². The van der Waals surface area contributed by atoms with Crippen LogP contribution in [-0.4, -0.2) is 16.3 Å². The van der Waals surface area contributed by atoms with Gasteiger partial charge in [-0.1, -0.05) is 24.6 Å². The molecule has 20 heavy (non-hydrogen) atoms. The Morgan fingerprint density at radius 2 is 2.20 bits per heavy atom. The van der Waals surface area contributed by atoms with Crippen LogP contribution in [0.1, 0.15) is 31.1 Å². The number of hydrogen-bond acceptors (Lipinski definition) is 2. The molecule has 1 unspecified atom stereocenters. The first-order valence-electron chi connectivity index (χ1n) is 6.48. The molecule has 0 radical (unpaired) electrons. The molecule has 2 rings (SSSR count). The summed E-state index contributed by atoms with van der Waals surface area (Å²) < 4.78 is 16.0. The van der Waals surface area contributed by atoms with E-state index in [1.807, 2.05) is 18.5 Å². The quantitative estimate of drug-likeness (QED) is 0.868. The zero-order valence-corrected chi connectivity index (χ0v) is 13.7. The van der Waals surface area contributed by atoms with E-state index in [0.717, 1.165) is 28.8 Å². The molecule has 0 aliphatic heterocycles. The Kier molecular flexibility index (Phi) is 5.18. The highest BCUT2D eigenvalue weighted by atomic mass is 79.9. The highest BCUT2D eigenvalue weighted by molar-refractivity contribution is 9.10. The summed E-state index contributed by atoms with van der Waals surface area (Å²) in [7, 11) is 0. The predicted molar refractivity (Wildman–Crippen MR) is 82.5 cm³/mol. The predicted octanol–water partition coefficient (Wildman–Crippen LogP) is 4.16. The lowest BCUT2D eigenvalue weighted by atomic mass is 10.0. The topological polar surface area (TPSA) is 29.9 Å². The van der Waals surface area contributed by atoms with Crippen molar-refractivity contribution >= 4 is 27.5 Å². The lowest BCUT2D eigenvalue weighted by molar-refractivity contribution is 0.539. The highest BCUT2D eigenvalue weighted by Crippen LogP contribution is 2.32. The third kappa shape index (κ3) is 3.05. The second-order valence-corrected chi connectivity index (χ2v) is 5.61. The van der Waals surface area contributed by atoms with Gasteiger partial charge in [0.2, 0.25) is 0 Å². The van der Waals surface area contributed by atoms with Gasteiger partial charge in [-0.2, -0.15) is 5.10 Å². The maximum Gasteiger partial charge on any atom is 0.124 e. The van der Waals surface area contributed by atoms with Crippen LogP contribution < -0.4 is 5.32 Å². The molecule has 0 amide bonds. The van der Waals surface area contributed by atoms with Crippen molar-refractivity contribution in [1.29, 1.82) is 0 Å². The van der Waals surface area contributed by atoms with Crippen LogP contribution in [0.3, 0.4) is 0 Å². The van der Waals surface area contributed by atoms with E-state index >= 15 is 0 Å². The normalized spacial score (nSPS) is 12.7. The van der Waals surface area contributed by atoms with Crippen molar-refractivity contribution in [3.8, 4) is 0 Å². The second-order valence-electron chi connectivity index (χ2n) is 4.35. The average Bonchev–Trinajstić information content (AvgIpc) is 2.78. The average molecular weight is 361 g/mol. The van der Waals surface area contributed by atoms with Crippen molar-refractivity contribution in [3.63, 3.8) is 0 Å². The van der Waals surface area contributed by atoms with Gasteiger partial charge in [0.05, 0.1) is 22.4 Å². The van der Waals surface area contributed by atoms with Crippen molar-refractivity contribution in [2.45, 2.75) is 26.4 Å². The highest BCUT2D eigenvalue weighted by Gasteiger charge is 2.23. The number of nitrogens with one attached hydrogen (secondary N) is 1. The van der Waals surface area contributed by atoms with Crippen molar-refractivity contribution in [1.82, 2.24) is 15.1 Å². The number of aryl methyl sites for hydroxylation is 1. The lowest BCUT2D eigenvalue weighted by Gasteiger charge is -2.21. The second kappa shape index (κ2) is 6.70. The van der Waals surface area contributed by atoms with Gasteiger partial charge in [-0.3, -0.25) is 4.68 Å². The van der Waals surface area contributed by atoms with Gasteiger partial charge >= 0.3 is 0 Å². The number of rotatable bonds is 5. The van der Waals surface area contributed by atoms with Gasteiger partial charge in [-0.25, -0.2) is 4.39 Å². The van der Waals surface area contributed by atoms with Crippen LogP contribution in [0.4, 0.5) is 4.39 Å². The summed E-state index contributed by atoms with van der Waals surface area (Å²) in [6, 6.07) is 4.34. The Hall–Kier alpha value is -0.910. The first kappa shape index (κ1) is 15.5. The van der Waals surface area contributed by atoms with Gasteiger partial charge in [0.15, 0.2) is 0 Å². The Labute approximate surface area is 131 Å². The van der Waals surface area contributed by atoms with E-state index in [1.54, 1.807) is 12.3 Å². The largest absolute Gasteiger partial charge is 0.305 e. The molecule has 1 heterocycles. The molecule has 0 spiro atoms. The Morgan fingerprint density at radius 1 is 1.45 bits per heavy atom. The monoisotopic (exact) mass is 359 g/mol. The third-order valence-corrected chi connectivity index (χ3v) is 4.03. The summed E-state index contributed by atoms with van der Waals surface area (Å²) in [5.74, 6) is -0.336. The number of halogens is 3. The molecule has 1 aromatic heterocycles. The minimum absolute atomic E-state index is 0.134. The number of hydrogen-bond donors (Lipinski definition) is 1. The minimum atomic E-state index is -0.336. The molecule has 0 aliphatic rings. The molecule has 1 aromatic carbocycles. The Balaban J connectivity index is 2.53. The van der Waals surface area contributed by atoms with Gasteiger partial charge in [0.1, 0.15) is 5.82 Å². The molecule has 6 heteroatoms. The van der Waals surface area contributed by atoms with Crippen LogP contribution in [0.2, 0.25) is 5.02 Å². The standard InChI is InChI=1S/C14H16BrClFN3/c1-3-18-13(10-6-5-9(17)7-12(10)16)14-11(15)8-19-20(14)4-2/h5-8,13,18H,3-4H2,1-2H3. The number of aromatic nitrogens is 2. The molecule has 3 nitrogen and oxygen atoms in total. The van der Waals surface area contributed by atoms with Gasteiger partial charge in [-0.15, -0.1) is 0 Å². The molecular weight excluding hydrogens is 345 g/mol. The summed E-state index contributed by atoms with van der Waals surface area (Å²) in [6.45, 7) is 5.56. The summed E-state index contributed by atoms with van der Waals surface area (Å²) >= 11 is 9.72. The van der Waals surface area contributed by atoms with E-state index in [2.05, 4.69) is 26.3 Å². The van der Waals surface area contributed by atoms with Crippen molar-refractivity contribution in [2.75, 3.05) is 6.54 Å². The molecule has 0 saturated heterocycles. The molecule has 0 bridgehead atoms. The van der Waals surface area contributed by atoms with E-state index in [4.69, 9.17) is 11.6 Å². The third-order valence-electron chi connectivity index (χ3n) is 3.09. The smallest absolute Gasteiger partial charge is 0.124 e. The van der Waals surface area contributed by atoms with Crippen LogP contribution in [0.25, 0.3) is 0 Å². The fourth-order valence-electron chi connectivity index (χ4n) is 2.20. The van der Waals surface area contributed by atoms with E-state index in [9.17, 15) is 4.39 Å². The van der Waals surface area contributed by atoms with Crippen molar-refractivity contribution < 1.29 is 4.39 Å². The maximum absolute atomic E-state index is 13.2. The molecule has 0 saturated carbocycles. The molecule has 2 aromatic rings. The summed E-state index contributed by atoms with van der Waals surface area (Å²) in [5, 5.41) is 8.11. The number of benzene rings is 1. The molecule has 0 fully saturated rings. The van der Waals surface area contributed by atoms with Crippen LogP contribution in [0.15, 0.2) is 28.9 Å². The van der Waals surface area contributed by atoms with E-state index in [0.29, 0.717) is 5.02 Å². The molecule has 1 atom stereocenters. The van der Waals surface area contributed by atoms with E-state index < -0.39 is 0 Å². The summed E-state index contributed by atoms with van der Waals surface area (Å²) in [4.78, 5) is 0. The Morgan fingerprint density at radius 3 is 2.80 bits per heavy atom. The fraction of sp³-hybridized carbons (Fsp3) is 0.357. The summed E-state index contributed by atoms with van der Waals surface area (Å²) in [6.07, 6.45) is 1.76. The van der Waals surface area contributed by atoms with Gasteiger partial charge in [-0.05, 0) is 47.1 Å². The fourth-order valence-corrected chi connectivity index (χ4v) is 3.01. The zero-order valence-electron chi connectivity index (χ0n) is 11.3. The Bertz CT molecular complexity index is 600. The van der Waals surface area contributed by atoms with E-state index in [1.165, 1.54) is 12.1 Å². The molecule has 108 valence electrons. The van der Waals surface area contributed by atoms with Crippen molar-refractivity contribution in [3.05, 3.63) is 51.0 Å². The lowest BCUT2D eigenvalue weighted by Crippen LogP contribution is -2.25. The molecular formula is C14H16BrClFN3. The van der Waals surface area contributed by atoms with Gasteiger partial charge < -0.3 is 5.32 Å². The molecule has 0 aliphatic carbocycles. The first-order chi connectivity index (χ1) is 9.58. The summed E-state index contributed by atoms with van der Waals surface area (Å²) in [5.41, 5.74) is 1.83. The van der Waals surface area contributed by atoms with Crippen LogP contribution >= 0.6 is 27.5 Å². The van der Waals surface area contributed by atoms with E-state index in [-0.39, 0.29) is 11.9 Å². The van der Waals surface area contributed by atoms with Gasteiger partial charge in [0.25, 0.3) is 0 Å². The number of nitrogens with zero attached hydrogens (tertiary/aromatic N) is 2. The van der Waals surface area contributed by atoms with Crippen LogP contribution in [0.5, 0.6) is 0 Å². The minimum Gasteiger partial charge on any atom is -0.305 e. The van der Waals surface area contributed by atoms with Gasteiger partial charge in [0, 0.05) is 11.6 Å². The molecule has 1 N–H and O–H groups in total. The first-order valence-corrected chi connectivity index (χ1v) is 7.65. The van der Waals surface area contributed by atoms with Crippen LogP contribution in [0, 0.1) is 5.82 Å². The maximum atomic E-state index is 13.2. The zero-order chi connectivity index (χ0) is 14.7. The SMILES string of the molecule is CCNC(c1ccc(F)cc1Cl)c1c(Br)cnn1CC.